The molecule has 0 bridgehead atoms. The van der Waals surface area contributed by atoms with Crippen molar-refractivity contribution in [1.29, 1.82) is 0 Å². The summed E-state index contributed by atoms with van der Waals surface area (Å²) >= 11 is 0. The molecule has 3 atom stereocenters. The summed E-state index contributed by atoms with van der Waals surface area (Å²) in [5.74, 6) is 0.493. The van der Waals surface area contributed by atoms with Crippen molar-refractivity contribution in [2.75, 3.05) is 13.1 Å². The predicted octanol–water partition coefficient (Wildman–Crippen LogP) is 1.65. The van der Waals surface area contributed by atoms with Crippen LogP contribution in [0.3, 0.4) is 0 Å². The largest absolute Gasteiger partial charge is 0.327 e. The van der Waals surface area contributed by atoms with Crippen LogP contribution in [0.15, 0.2) is 23.1 Å². The van der Waals surface area contributed by atoms with E-state index in [0.717, 1.165) is 25.3 Å². The lowest BCUT2D eigenvalue weighted by Crippen LogP contribution is -2.38. The number of benzene rings is 1. The van der Waals surface area contributed by atoms with Crippen molar-refractivity contribution in [3.63, 3.8) is 0 Å². The lowest BCUT2D eigenvalue weighted by molar-refractivity contribution is -0.385. The van der Waals surface area contributed by atoms with Gasteiger partial charge in [0, 0.05) is 30.8 Å². The third kappa shape index (κ3) is 2.86. The zero-order chi connectivity index (χ0) is 16.8. The quantitative estimate of drug-likeness (QED) is 0.665. The second kappa shape index (κ2) is 5.85. The highest BCUT2D eigenvalue weighted by molar-refractivity contribution is 7.89. The Kier molecular flexibility index (Phi) is 4.16. The van der Waals surface area contributed by atoms with Crippen LogP contribution < -0.4 is 5.73 Å². The van der Waals surface area contributed by atoms with Crippen LogP contribution in [0, 0.1) is 28.9 Å². The van der Waals surface area contributed by atoms with Crippen molar-refractivity contribution >= 4 is 15.7 Å². The van der Waals surface area contributed by atoms with E-state index in [0.29, 0.717) is 24.6 Å². The van der Waals surface area contributed by atoms with Crippen LogP contribution >= 0.6 is 0 Å². The van der Waals surface area contributed by atoms with Crippen molar-refractivity contribution in [3.8, 4) is 0 Å². The van der Waals surface area contributed by atoms with E-state index in [1.54, 1.807) is 6.92 Å². The maximum absolute atomic E-state index is 12.8. The summed E-state index contributed by atoms with van der Waals surface area (Å²) < 4.78 is 27.1. The minimum Gasteiger partial charge on any atom is -0.327 e. The van der Waals surface area contributed by atoms with E-state index in [1.165, 1.54) is 16.4 Å². The first-order valence-corrected chi connectivity index (χ1v) is 9.25. The summed E-state index contributed by atoms with van der Waals surface area (Å²) in [6.45, 7) is 2.47. The van der Waals surface area contributed by atoms with Crippen LogP contribution in [0.1, 0.15) is 24.8 Å². The number of hydrogen-bond donors (Lipinski definition) is 1. The Hall–Kier alpha value is -1.51. The molecule has 23 heavy (non-hydrogen) atoms. The van der Waals surface area contributed by atoms with Crippen LogP contribution in [0.5, 0.6) is 0 Å². The number of fused-ring (bicyclic) bond motifs is 1. The molecular weight excluding hydrogens is 318 g/mol. The fourth-order valence-electron chi connectivity index (χ4n) is 3.77. The number of sulfonamides is 1. The molecule has 1 heterocycles. The maximum atomic E-state index is 12.8. The van der Waals surface area contributed by atoms with Gasteiger partial charge in [-0.15, -0.1) is 0 Å². The van der Waals surface area contributed by atoms with Gasteiger partial charge in [0.2, 0.25) is 10.0 Å². The normalized spacial score (nSPS) is 28.5. The standard InChI is InChI=1S/C15H21N3O4S/c1-10-5-6-12(7-15(10)18(19)20)23(21,22)17-8-11-3-2-4-14(16)13(11)9-17/h5-7,11,13-14H,2-4,8-9,16H2,1H3. The van der Waals surface area contributed by atoms with Crippen LogP contribution in [-0.4, -0.2) is 36.8 Å². The first-order chi connectivity index (χ1) is 10.8. The molecule has 0 aromatic heterocycles. The van der Waals surface area contributed by atoms with Crippen molar-refractivity contribution < 1.29 is 13.3 Å². The van der Waals surface area contributed by atoms with Gasteiger partial charge in [0.1, 0.15) is 0 Å². The predicted molar refractivity (Wildman–Crippen MR) is 85.4 cm³/mol. The zero-order valence-electron chi connectivity index (χ0n) is 13.0. The molecule has 1 aromatic rings. The molecule has 1 saturated carbocycles. The van der Waals surface area contributed by atoms with Gasteiger partial charge in [0.05, 0.1) is 9.82 Å². The van der Waals surface area contributed by atoms with E-state index in [2.05, 4.69) is 0 Å². The highest BCUT2D eigenvalue weighted by Gasteiger charge is 2.43. The molecule has 0 radical (unpaired) electrons. The Morgan fingerprint density at radius 3 is 2.70 bits per heavy atom. The molecular formula is C15H21N3O4S. The van der Waals surface area contributed by atoms with Gasteiger partial charge in [0.15, 0.2) is 0 Å². The van der Waals surface area contributed by atoms with E-state index in [9.17, 15) is 18.5 Å². The molecule has 2 aliphatic rings. The average Bonchev–Trinajstić information content (AvgIpc) is 2.93. The highest BCUT2D eigenvalue weighted by atomic mass is 32.2. The average molecular weight is 339 g/mol. The molecule has 1 aliphatic heterocycles. The molecule has 0 spiro atoms. The molecule has 126 valence electrons. The molecule has 2 N–H and O–H groups in total. The number of hydrogen-bond acceptors (Lipinski definition) is 5. The van der Waals surface area contributed by atoms with E-state index < -0.39 is 14.9 Å². The smallest absolute Gasteiger partial charge is 0.273 e. The number of aryl methyl sites for hydroxylation is 1. The van der Waals surface area contributed by atoms with Gasteiger partial charge in [-0.2, -0.15) is 4.31 Å². The lowest BCUT2D eigenvalue weighted by atomic mass is 9.78. The van der Waals surface area contributed by atoms with Crippen molar-refractivity contribution in [2.45, 2.75) is 37.1 Å². The molecule has 1 saturated heterocycles. The second-order valence-corrected chi connectivity index (χ2v) is 8.48. The van der Waals surface area contributed by atoms with Gasteiger partial charge in [-0.05, 0) is 37.7 Å². The molecule has 0 amide bonds. The Balaban J connectivity index is 1.91. The summed E-state index contributed by atoms with van der Waals surface area (Å²) in [6.07, 6.45) is 2.97. The number of nitrogens with two attached hydrogens (primary N) is 1. The molecule has 8 heteroatoms. The van der Waals surface area contributed by atoms with Crippen molar-refractivity contribution in [2.24, 2.45) is 17.6 Å². The molecule has 3 rings (SSSR count). The van der Waals surface area contributed by atoms with E-state index in [4.69, 9.17) is 5.73 Å². The monoisotopic (exact) mass is 339 g/mol. The van der Waals surface area contributed by atoms with Crippen LogP contribution in [0.2, 0.25) is 0 Å². The van der Waals surface area contributed by atoms with E-state index in [1.807, 2.05) is 0 Å². The minimum absolute atomic E-state index is 0.0120. The van der Waals surface area contributed by atoms with Gasteiger partial charge in [-0.3, -0.25) is 10.1 Å². The fourth-order valence-corrected chi connectivity index (χ4v) is 5.32. The van der Waals surface area contributed by atoms with Gasteiger partial charge in [0.25, 0.3) is 5.69 Å². The topological polar surface area (TPSA) is 107 Å². The van der Waals surface area contributed by atoms with Gasteiger partial charge >= 0.3 is 0 Å². The molecule has 3 unspecified atom stereocenters. The summed E-state index contributed by atoms with van der Waals surface area (Å²) in [5.41, 5.74) is 6.42. The molecule has 7 nitrogen and oxygen atoms in total. The summed E-state index contributed by atoms with van der Waals surface area (Å²) in [4.78, 5) is 10.5. The van der Waals surface area contributed by atoms with Crippen molar-refractivity contribution in [1.82, 2.24) is 4.31 Å². The summed E-state index contributed by atoms with van der Waals surface area (Å²) in [7, 11) is -3.72. The van der Waals surface area contributed by atoms with E-state index in [-0.39, 0.29) is 22.5 Å². The third-order valence-corrected chi connectivity index (χ3v) is 6.96. The molecule has 1 aliphatic carbocycles. The Bertz CT molecular complexity index is 734. The first-order valence-electron chi connectivity index (χ1n) is 7.81. The van der Waals surface area contributed by atoms with Crippen molar-refractivity contribution in [3.05, 3.63) is 33.9 Å². The number of nitro benzene ring substituents is 1. The Morgan fingerprint density at radius 2 is 2.04 bits per heavy atom. The number of nitro groups is 1. The highest BCUT2D eigenvalue weighted by Crippen LogP contribution is 2.38. The van der Waals surface area contributed by atoms with Gasteiger partial charge < -0.3 is 5.73 Å². The lowest BCUT2D eigenvalue weighted by Gasteiger charge is -2.29. The minimum atomic E-state index is -3.72. The number of rotatable bonds is 3. The van der Waals surface area contributed by atoms with Crippen LogP contribution in [0.4, 0.5) is 5.69 Å². The number of nitrogens with zero attached hydrogens (tertiary/aromatic N) is 2. The molecule has 1 aromatic carbocycles. The molecule has 2 fully saturated rings. The Labute approximate surface area is 135 Å². The zero-order valence-corrected chi connectivity index (χ0v) is 13.8. The van der Waals surface area contributed by atoms with Crippen LogP contribution in [-0.2, 0) is 10.0 Å². The third-order valence-electron chi connectivity index (χ3n) is 5.14. The maximum Gasteiger partial charge on any atom is 0.273 e. The van der Waals surface area contributed by atoms with Gasteiger partial charge in [-0.25, -0.2) is 8.42 Å². The fraction of sp³-hybridized carbons (Fsp3) is 0.600. The summed E-state index contributed by atoms with van der Waals surface area (Å²) in [6, 6.07) is 4.13. The SMILES string of the molecule is Cc1ccc(S(=O)(=O)N2CC3CCCC(N)C3C2)cc1[N+](=O)[O-]. The Morgan fingerprint density at radius 1 is 1.30 bits per heavy atom. The summed E-state index contributed by atoms with van der Waals surface area (Å²) in [5, 5.41) is 11.1. The van der Waals surface area contributed by atoms with Gasteiger partial charge in [-0.1, -0.05) is 12.5 Å². The second-order valence-electron chi connectivity index (χ2n) is 6.55. The first kappa shape index (κ1) is 16.4. The van der Waals surface area contributed by atoms with Crippen LogP contribution in [0.25, 0.3) is 0 Å². The van der Waals surface area contributed by atoms with E-state index >= 15 is 0 Å².